The summed E-state index contributed by atoms with van der Waals surface area (Å²) in [5.74, 6) is -3.51. The number of nitrogens with one attached hydrogen (secondary N) is 1. The van der Waals surface area contributed by atoms with E-state index < -0.39 is 23.8 Å². The molecule has 1 rings (SSSR count). The highest BCUT2D eigenvalue weighted by atomic mass is 32.1. The van der Waals surface area contributed by atoms with Crippen LogP contribution in [0.3, 0.4) is 0 Å². The van der Waals surface area contributed by atoms with Crippen molar-refractivity contribution in [3.8, 4) is 0 Å². The minimum atomic E-state index is -1.37. The van der Waals surface area contributed by atoms with Gasteiger partial charge < -0.3 is 20.5 Å². The van der Waals surface area contributed by atoms with Gasteiger partial charge >= 0.3 is 11.9 Å². The molecule has 0 unspecified atom stereocenters. The first-order chi connectivity index (χ1) is 10.9. The van der Waals surface area contributed by atoms with E-state index in [0.717, 1.165) is 0 Å². The van der Waals surface area contributed by atoms with Crippen LogP contribution in [0.2, 0.25) is 0 Å². The predicted molar refractivity (Wildman–Crippen MR) is 87.9 cm³/mol. The van der Waals surface area contributed by atoms with Crippen LogP contribution in [-0.4, -0.2) is 36.0 Å². The summed E-state index contributed by atoms with van der Waals surface area (Å²) in [6.07, 6.45) is 0. The summed E-state index contributed by atoms with van der Waals surface area (Å²) in [5, 5.41) is 2.74. The number of rotatable bonds is 7. The molecule has 0 bridgehead atoms. The maximum absolute atomic E-state index is 11.7. The maximum Gasteiger partial charge on any atom is 0.338 e. The van der Waals surface area contributed by atoms with Gasteiger partial charge in [-0.1, -0.05) is 12.2 Å². The van der Waals surface area contributed by atoms with E-state index in [2.05, 4.69) is 5.32 Å². The molecule has 0 radical (unpaired) electrons. The number of carbonyl (C=O) groups is 3. The van der Waals surface area contributed by atoms with Gasteiger partial charge in [0.15, 0.2) is 5.92 Å². The Morgan fingerprint density at radius 1 is 1.13 bits per heavy atom. The number of thiocarbonyl (C=S) groups is 1. The third-order valence-electron chi connectivity index (χ3n) is 2.73. The topological polar surface area (TPSA) is 108 Å². The lowest BCUT2D eigenvalue weighted by Gasteiger charge is -2.15. The van der Waals surface area contributed by atoms with Gasteiger partial charge in [-0.05, 0) is 38.1 Å². The van der Waals surface area contributed by atoms with Gasteiger partial charge in [0, 0.05) is 5.69 Å². The lowest BCUT2D eigenvalue weighted by Crippen LogP contribution is -2.40. The fraction of sp³-hybridized carbons (Fsp3) is 0.333. The van der Waals surface area contributed by atoms with Crippen molar-refractivity contribution in [3.63, 3.8) is 0 Å². The molecular formula is C15H18N2O5S. The van der Waals surface area contributed by atoms with Crippen LogP contribution in [0.15, 0.2) is 24.3 Å². The highest BCUT2D eigenvalue weighted by molar-refractivity contribution is 7.80. The van der Waals surface area contributed by atoms with E-state index >= 15 is 0 Å². The number of anilines is 1. The number of hydrogen-bond acceptors (Lipinski definition) is 6. The third-order valence-corrected chi connectivity index (χ3v) is 3.07. The minimum absolute atomic E-state index is 0.0696. The normalized spacial score (nSPS) is 11.2. The summed E-state index contributed by atoms with van der Waals surface area (Å²) >= 11 is 5.05. The molecule has 0 saturated carbocycles. The van der Waals surface area contributed by atoms with E-state index in [4.69, 9.17) is 27.4 Å². The van der Waals surface area contributed by atoms with Crippen LogP contribution in [-0.2, 0) is 19.1 Å². The van der Waals surface area contributed by atoms with Crippen LogP contribution in [0.1, 0.15) is 24.2 Å². The van der Waals surface area contributed by atoms with Crippen LogP contribution in [0.5, 0.6) is 0 Å². The van der Waals surface area contributed by atoms with E-state index in [0.29, 0.717) is 11.3 Å². The summed E-state index contributed by atoms with van der Waals surface area (Å²) in [4.78, 5) is 34.6. The second-order valence-electron chi connectivity index (χ2n) is 4.37. The van der Waals surface area contributed by atoms with Crippen LogP contribution in [0.25, 0.3) is 0 Å². The zero-order chi connectivity index (χ0) is 17.4. The number of ether oxygens (including phenoxy) is 2. The minimum Gasteiger partial charge on any atom is -0.465 e. The molecule has 1 atom stereocenters. The number of esters is 2. The quantitative estimate of drug-likeness (QED) is 0.438. The van der Waals surface area contributed by atoms with Crippen LogP contribution >= 0.6 is 12.2 Å². The fourth-order valence-electron chi connectivity index (χ4n) is 1.70. The van der Waals surface area contributed by atoms with Gasteiger partial charge in [0.2, 0.25) is 5.91 Å². The van der Waals surface area contributed by atoms with Crippen molar-refractivity contribution in [2.24, 2.45) is 11.7 Å². The molecule has 1 amide bonds. The van der Waals surface area contributed by atoms with Crippen molar-refractivity contribution in [2.75, 3.05) is 18.5 Å². The molecule has 0 aromatic heterocycles. The van der Waals surface area contributed by atoms with Crippen molar-refractivity contribution in [1.82, 2.24) is 0 Å². The van der Waals surface area contributed by atoms with E-state index in [-0.39, 0.29) is 18.2 Å². The Hall–Kier alpha value is -2.48. The molecule has 0 aliphatic rings. The molecule has 3 N–H and O–H groups in total. The van der Waals surface area contributed by atoms with E-state index in [9.17, 15) is 14.4 Å². The average Bonchev–Trinajstić information content (AvgIpc) is 2.48. The number of benzene rings is 1. The van der Waals surface area contributed by atoms with Crippen molar-refractivity contribution in [2.45, 2.75) is 13.8 Å². The Labute approximate surface area is 139 Å². The van der Waals surface area contributed by atoms with Crippen LogP contribution in [0.4, 0.5) is 5.69 Å². The molecule has 23 heavy (non-hydrogen) atoms. The molecule has 0 spiro atoms. The number of nitrogens with two attached hydrogens (primary N) is 1. The Bertz CT molecular complexity index is 600. The molecule has 0 saturated heterocycles. The Morgan fingerprint density at radius 2 is 1.70 bits per heavy atom. The molecule has 0 heterocycles. The highest BCUT2D eigenvalue weighted by Crippen LogP contribution is 2.13. The smallest absolute Gasteiger partial charge is 0.338 e. The Morgan fingerprint density at radius 3 is 2.17 bits per heavy atom. The lowest BCUT2D eigenvalue weighted by atomic mass is 10.1. The maximum atomic E-state index is 11.7. The first-order valence-corrected chi connectivity index (χ1v) is 7.35. The number of amides is 1. The van der Waals surface area contributed by atoms with Gasteiger partial charge in [0.25, 0.3) is 0 Å². The Balaban J connectivity index is 2.81. The lowest BCUT2D eigenvalue weighted by molar-refractivity contribution is -0.148. The Kier molecular flexibility index (Phi) is 7.14. The second-order valence-corrected chi connectivity index (χ2v) is 4.81. The molecule has 0 aliphatic heterocycles. The fourth-order valence-corrected chi connectivity index (χ4v) is 2.03. The summed E-state index contributed by atoms with van der Waals surface area (Å²) in [6.45, 7) is 3.72. The van der Waals surface area contributed by atoms with Crippen molar-refractivity contribution in [3.05, 3.63) is 29.8 Å². The van der Waals surface area contributed by atoms with Gasteiger partial charge in [-0.25, -0.2) is 4.79 Å². The number of hydrogen-bond donors (Lipinski definition) is 2. The second kappa shape index (κ2) is 8.84. The molecule has 1 aromatic carbocycles. The van der Waals surface area contributed by atoms with Crippen molar-refractivity contribution >= 4 is 40.7 Å². The van der Waals surface area contributed by atoms with Crippen LogP contribution in [0, 0.1) is 5.92 Å². The third kappa shape index (κ3) is 5.33. The SMILES string of the molecule is CCOC(=O)c1ccc(NC(=S)[C@@H](C(N)=O)C(=O)OCC)cc1. The molecule has 8 heteroatoms. The van der Waals surface area contributed by atoms with Crippen molar-refractivity contribution in [1.29, 1.82) is 0 Å². The van der Waals surface area contributed by atoms with E-state index in [1.807, 2.05) is 0 Å². The zero-order valence-corrected chi connectivity index (χ0v) is 13.6. The first kappa shape index (κ1) is 18.6. The highest BCUT2D eigenvalue weighted by Gasteiger charge is 2.30. The van der Waals surface area contributed by atoms with E-state index in [1.165, 1.54) is 12.1 Å². The molecule has 0 aliphatic carbocycles. The molecular weight excluding hydrogens is 320 g/mol. The number of primary amides is 1. The summed E-state index contributed by atoms with van der Waals surface area (Å²) < 4.78 is 9.64. The van der Waals surface area contributed by atoms with Gasteiger partial charge in [0.1, 0.15) is 4.99 Å². The van der Waals surface area contributed by atoms with Gasteiger partial charge in [-0.2, -0.15) is 0 Å². The molecule has 124 valence electrons. The molecule has 1 aromatic rings. The first-order valence-electron chi connectivity index (χ1n) is 6.94. The summed E-state index contributed by atoms with van der Waals surface area (Å²) in [5.41, 5.74) is 6.07. The van der Waals surface area contributed by atoms with Crippen LogP contribution < -0.4 is 11.1 Å². The predicted octanol–water partition coefficient (Wildman–Crippen LogP) is 1.27. The largest absolute Gasteiger partial charge is 0.465 e. The molecule has 7 nitrogen and oxygen atoms in total. The van der Waals surface area contributed by atoms with Gasteiger partial charge in [0.05, 0.1) is 18.8 Å². The van der Waals surface area contributed by atoms with Crippen molar-refractivity contribution < 1.29 is 23.9 Å². The number of carbonyl (C=O) groups excluding carboxylic acids is 3. The summed E-state index contributed by atoms with van der Waals surface area (Å²) in [7, 11) is 0. The van der Waals surface area contributed by atoms with Gasteiger partial charge in [-0.3, -0.25) is 9.59 Å². The van der Waals surface area contributed by atoms with Gasteiger partial charge in [-0.15, -0.1) is 0 Å². The summed E-state index contributed by atoms with van der Waals surface area (Å²) in [6, 6.07) is 6.21. The zero-order valence-electron chi connectivity index (χ0n) is 12.8. The standard InChI is InChI=1S/C15H18N2O5S/c1-3-21-14(19)9-5-7-10(8-6-9)17-13(23)11(12(16)18)15(20)22-4-2/h5-8,11H,3-4H2,1-2H3,(H2,16,18)(H,17,23)/t11-/m1/s1. The monoisotopic (exact) mass is 338 g/mol. The van der Waals surface area contributed by atoms with E-state index in [1.54, 1.807) is 26.0 Å². The molecule has 0 fully saturated rings. The average molecular weight is 338 g/mol.